The Morgan fingerprint density at radius 2 is 2.57 bits per heavy atom. The summed E-state index contributed by atoms with van der Waals surface area (Å²) in [7, 11) is 0. The third kappa shape index (κ3) is 0.817. The van der Waals surface area contributed by atoms with Gasteiger partial charge in [0.05, 0.1) is 0 Å². The molecule has 1 fully saturated rings. The average molecular weight is 97.1 g/mol. The van der Waals surface area contributed by atoms with E-state index in [9.17, 15) is 4.79 Å². The van der Waals surface area contributed by atoms with Gasteiger partial charge < -0.3 is 4.79 Å². The molecule has 2 unspecified atom stereocenters. The maximum Gasteiger partial charge on any atom is 0.123 e. The first-order chi connectivity index (χ1) is 3.38. The lowest BCUT2D eigenvalue weighted by molar-refractivity contribution is -0.109. The van der Waals surface area contributed by atoms with Gasteiger partial charge in [-0.3, -0.25) is 0 Å². The molecule has 0 aromatic heterocycles. The molecule has 1 saturated carbocycles. The summed E-state index contributed by atoms with van der Waals surface area (Å²) in [6, 6.07) is 0. The SMILES string of the molecule is [CH2]CC1CC1C=O. The van der Waals surface area contributed by atoms with Gasteiger partial charge in [-0.15, -0.1) is 0 Å². The lowest BCUT2D eigenvalue weighted by atomic mass is 10.3. The monoisotopic (exact) mass is 97.1 g/mol. The van der Waals surface area contributed by atoms with Crippen LogP contribution in [0.5, 0.6) is 0 Å². The first-order valence-electron chi connectivity index (χ1n) is 2.63. The molecule has 0 aliphatic heterocycles. The lowest BCUT2D eigenvalue weighted by Crippen LogP contribution is -1.78. The molecule has 1 radical (unpaired) electrons. The molecule has 0 bridgehead atoms. The summed E-state index contributed by atoms with van der Waals surface area (Å²) in [6.07, 6.45) is 3.06. The summed E-state index contributed by atoms with van der Waals surface area (Å²) in [5, 5.41) is 0. The standard InChI is InChI=1S/C6H9O/c1-2-5-3-6(5)4-7/h4-6H,1-3H2. The van der Waals surface area contributed by atoms with Crippen molar-refractivity contribution in [1.29, 1.82) is 0 Å². The Balaban J connectivity index is 2.17. The Kier molecular flexibility index (Phi) is 1.13. The molecular formula is C6H9O. The van der Waals surface area contributed by atoms with Gasteiger partial charge in [-0.05, 0) is 18.8 Å². The molecule has 0 aromatic rings. The number of rotatable bonds is 2. The van der Waals surface area contributed by atoms with E-state index in [0.29, 0.717) is 11.8 Å². The molecule has 1 aliphatic rings. The van der Waals surface area contributed by atoms with Gasteiger partial charge >= 0.3 is 0 Å². The maximum absolute atomic E-state index is 9.91. The van der Waals surface area contributed by atoms with Gasteiger partial charge in [-0.1, -0.05) is 6.92 Å². The van der Waals surface area contributed by atoms with Crippen molar-refractivity contribution in [3.63, 3.8) is 0 Å². The second-order valence-corrected chi connectivity index (χ2v) is 2.08. The smallest absolute Gasteiger partial charge is 0.123 e. The Morgan fingerprint density at radius 3 is 2.71 bits per heavy atom. The summed E-state index contributed by atoms with van der Waals surface area (Å²) in [5.41, 5.74) is 0. The van der Waals surface area contributed by atoms with E-state index in [1.54, 1.807) is 0 Å². The fraction of sp³-hybridized carbons (Fsp3) is 0.667. The summed E-state index contributed by atoms with van der Waals surface area (Å²) in [5.74, 6) is 1.01. The quantitative estimate of drug-likeness (QED) is 0.470. The Labute approximate surface area is 43.7 Å². The normalized spacial score (nSPS) is 37.9. The fourth-order valence-corrected chi connectivity index (χ4v) is 0.770. The van der Waals surface area contributed by atoms with Crippen LogP contribution in [-0.2, 0) is 4.79 Å². The summed E-state index contributed by atoms with van der Waals surface area (Å²) in [6.45, 7) is 3.69. The Morgan fingerprint density at radius 1 is 1.86 bits per heavy atom. The van der Waals surface area contributed by atoms with Crippen LogP contribution in [0.15, 0.2) is 0 Å². The number of carbonyl (C=O) groups excluding carboxylic acids is 1. The highest BCUT2D eigenvalue weighted by molar-refractivity contribution is 5.58. The fourth-order valence-electron chi connectivity index (χ4n) is 0.770. The van der Waals surface area contributed by atoms with Crippen molar-refractivity contribution >= 4 is 6.29 Å². The first-order valence-corrected chi connectivity index (χ1v) is 2.63. The van der Waals surface area contributed by atoms with E-state index in [4.69, 9.17) is 0 Å². The number of hydrogen-bond acceptors (Lipinski definition) is 1. The molecule has 1 heteroatoms. The summed E-state index contributed by atoms with van der Waals surface area (Å²) in [4.78, 5) is 9.91. The third-order valence-electron chi connectivity index (χ3n) is 1.52. The Bertz CT molecular complexity index is 78.2. The topological polar surface area (TPSA) is 17.1 Å². The predicted molar refractivity (Wildman–Crippen MR) is 27.6 cm³/mol. The molecule has 1 aliphatic carbocycles. The molecule has 0 spiro atoms. The zero-order chi connectivity index (χ0) is 5.28. The third-order valence-corrected chi connectivity index (χ3v) is 1.52. The Hall–Kier alpha value is -0.330. The van der Waals surface area contributed by atoms with E-state index in [-0.39, 0.29) is 0 Å². The number of aldehydes is 1. The van der Waals surface area contributed by atoms with Crippen LogP contribution >= 0.6 is 0 Å². The van der Waals surface area contributed by atoms with Crippen molar-refractivity contribution in [3.05, 3.63) is 6.92 Å². The second-order valence-electron chi connectivity index (χ2n) is 2.08. The molecule has 1 nitrogen and oxygen atoms in total. The van der Waals surface area contributed by atoms with E-state index in [2.05, 4.69) is 6.92 Å². The number of hydrogen-bond donors (Lipinski definition) is 0. The second kappa shape index (κ2) is 1.65. The average Bonchev–Trinajstić information content (AvgIpc) is 2.43. The predicted octanol–water partition coefficient (Wildman–Crippen LogP) is 1.05. The van der Waals surface area contributed by atoms with Gasteiger partial charge in [-0.25, -0.2) is 0 Å². The van der Waals surface area contributed by atoms with Crippen molar-refractivity contribution in [3.8, 4) is 0 Å². The summed E-state index contributed by atoms with van der Waals surface area (Å²) >= 11 is 0. The minimum atomic E-state index is 0.373. The van der Waals surface area contributed by atoms with Crippen LogP contribution in [0.2, 0.25) is 0 Å². The molecular weight excluding hydrogens is 88.1 g/mol. The lowest BCUT2D eigenvalue weighted by Gasteiger charge is -1.78. The molecule has 0 amide bonds. The van der Waals surface area contributed by atoms with Crippen LogP contribution in [-0.4, -0.2) is 6.29 Å². The highest BCUT2D eigenvalue weighted by Gasteiger charge is 2.34. The van der Waals surface area contributed by atoms with Crippen LogP contribution in [0.1, 0.15) is 12.8 Å². The van der Waals surface area contributed by atoms with Crippen molar-refractivity contribution in [1.82, 2.24) is 0 Å². The molecule has 1 rings (SSSR count). The van der Waals surface area contributed by atoms with E-state index in [1.807, 2.05) is 0 Å². The van der Waals surface area contributed by atoms with Crippen LogP contribution < -0.4 is 0 Å². The van der Waals surface area contributed by atoms with Crippen LogP contribution in [0.4, 0.5) is 0 Å². The van der Waals surface area contributed by atoms with Gasteiger partial charge in [0, 0.05) is 5.92 Å². The molecule has 0 aromatic carbocycles. The van der Waals surface area contributed by atoms with E-state index in [0.717, 1.165) is 19.1 Å². The van der Waals surface area contributed by atoms with Crippen molar-refractivity contribution < 1.29 is 4.79 Å². The maximum atomic E-state index is 9.91. The minimum absolute atomic E-state index is 0.373. The van der Waals surface area contributed by atoms with Crippen molar-refractivity contribution in [2.24, 2.45) is 11.8 Å². The number of carbonyl (C=O) groups is 1. The zero-order valence-electron chi connectivity index (χ0n) is 4.26. The van der Waals surface area contributed by atoms with Crippen LogP contribution in [0.3, 0.4) is 0 Å². The zero-order valence-corrected chi connectivity index (χ0v) is 4.26. The molecule has 0 heterocycles. The molecule has 39 valence electrons. The van der Waals surface area contributed by atoms with E-state index in [1.165, 1.54) is 0 Å². The largest absolute Gasteiger partial charge is 0.303 e. The summed E-state index contributed by atoms with van der Waals surface area (Å²) < 4.78 is 0. The van der Waals surface area contributed by atoms with Crippen LogP contribution in [0.25, 0.3) is 0 Å². The van der Waals surface area contributed by atoms with Gasteiger partial charge in [0.2, 0.25) is 0 Å². The van der Waals surface area contributed by atoms with E-state index >= 15 is 0 Å². The molecule has 7 heavy (non-hydrogen) atoms. The van der Waals surface area contributed by atoms with E-state index < -0.39 is 0 Å². The van der Waals surface area contributed by atoms with Gasteiger partial charge in [0.15, 0.2) is 0 Å². The highest BCUT2D eigenvalue weighted by atomic mass is 16.1. The van der Waals surface area contributed by atoms with Crippen LogP contribution in [0, 0.1) is 18.8 Å². The molecule has 0 N–H and O–H groups in total. The van der Waals surface area contributed by atoms with Crippen molar-refractivity contribution in [2.75, 3.05) is 0 Å². The van der Waals surface area contributed by atoms with Gasteiger partial charge in [0.1, 0.15) is 6.29 Å². The first kappa shape index (κ1) is 4.82. The van der Waals surface area contributed by atoms with Crippen molar-refractivity contribution in [2.45, 2.75) is 12.8 Å². The highest BCUT2D eigenvalue weighted by Crippen LogP contribution is 2.38. The van der Waals surface area contributed by atoms with Gasteiger partial charge in [-0.2, -0.15) is 0 Å². The molecule has 0 saturated heterocycles. The molecule has 2 atom stereocenters. The van der Waals surface area contributed by atoms with Gasteiger partial charge in [0.25, 0.3) is 0 Å². The minimum Gasteiger partial charge on any atom is -0.303 e.